The van der Waals surface area contributed by atoms with Gasteiger partial charge in [-0.05, 0) is 19.9 Å². The topological polar surface area (TPSA) is 38.3 Å². The first-order valence-electron chi connectivity index (χ1n) is 5.06. The van der Waals surface area contributed by atoms with Gasteiger partial charge in [0.1, 0.15) is 11.4 Å². The number of fused-ring (bicyclic) bond motifs is 1. The summed E-state index contributed by atoms with van der Waals surface area (Å²) in [6, 6.07) is 7.75. The van der Waals surface area contributed by atoms with Crippen LogP contribution in [0.25, 0.3) is 0 Å². The van der Waals surface area contributed by atoms with Gasteiger partial charge in [0.2, 0.25) is 5.91 Å². The number of hydrogen-bond acceptors (Lipinski definition) is 2. The maximum Gasteiger partial charge on any atom is 0.217 e. The fourth-order valence-electron chi connectivity index (χ4n) is 1.98. The van der Waals surface area contributed by atoms with E-state index in [1.165, 1.54) is 6.92 Å². The van der Waals surface area contributed by atoms with Gasteiger partial charge in [-0.1, -0.05) is 18.2 Å². The van der Waals surface area contributed by atoms with Crippen molar-refractivity contribution in [2.75, 3.05) is 0 Å². The van der Waals surface area contributed by atoms with Crippen molar-refractivity contribution in [1.82, 2.24) is 5.32 Å². The van der Waals surface area contributed by atoms with Crippen molar-refractivity contribution in [2.45, 2.75) is 32.4 Å². The third-order valence-electron chi connectivity index (χ3n) is 2.65. The SMILES string of the molecule is CC(=O)NC1c2ccccc2OC1(C)C. The number of nitrogens with one attached hydrogen (secondary N) is 1. The summed E-state index contributed by atoms with van der Waals surface area (Å²) in [5.74, 6) is 0.828. The Hall–Kier alpha value is -1.51. The molecule has 0 saturated carbocycles. The Kier molecular flexibility index (Phi) is 2.18. The number of carbonyl (C=O) groups is 1. The van der Waals surface area contributed by atoms with Crippen molar-refractivity contribution < 1.29 is 9.53 Å². The number of ether oxygens (including phenoxy) is 1. The van der Waals surface area contributed by atoms with Gasteiger partial charge >= 0.3 is 0 Å². The molecule has 0 bridgehead atoms. The molecular formula is C12H15NO2. The first kappa shape index (κ1) is 10.0. The second-order valence-corrected chi connectivity index (χ2v) is 4.38. The van der Waals surface area contributed by atoms with Gasteiger partial charge in [-0.2, -0.15) is 0 Å². The molecule has 3 heteroatoms. The first-order chi connectivity index (χ1) is 7.00. The molecule has 1 atom stereocenters. The third-order valence-corrected chi connectivity index (χ3v) is 2.65. The molecule has 0 radical (unpaired) electrons. The van der Waals surface area contributed by atoms with Gasteiger partial charge in [-0.3, -0.25) is 4.79 Å². The highest BCUT2D eigenvalue weighted by Crippen LogP contribution is 2.42. The molecule has 1 aliphatic rings. The van der Waals surface area contributed by atoms with Crippen LogP contribution in [0, 0.1) is 0 Å². The van der Waals surface area contributed by atoms with E-state index in [1.807, 2.05) is 38.1 Å². The third kappa shape index (κ3) is 1.69. The summed E-state index contributed by atoms with van der Waals surface area (Å²) >= 11 is 0. The number of para-hydroxylation sites is 1. The zero-order chi connectivity index (χ0) is 11.1. The summed E-state index contributed by atoms with van der Waals surface area (Å²) in [4.78, 5) is 11.1. The van der Waals surface area contributed by atoms with Gasteiger partial charge in [0.05, 0.1) is 6.04 Å². The molecule has 1 amide bonds. The molecule has 0 fully saturated rings. The van der Waals surface area contributed by atoms with Crippen molar-refractivity contribution in [3.8, 4) is 5.75 Å². The standard InChI is InChI=1S/C12H15NO2/c1-8(14)13-11-9-6-4-5-7-10(9)15-12(11,2)3/h4-7,11H,1-3H3,(H,13,14). The van der Waals surface area contributed by atoms with E-state index in [9.17, 15) is 4.79 Å². The minimum Gasteiger partial charge on any atom is -0.485 e. The largest absolute Gasteiger partial charge is 0.485 e. The molecule has 0 aromatic heterocycles. The number of benzene rings is 1. The minimum atomic E-state index is -0.380. The summed E-state index contributed by atoms with van der Waals surface area (Å²) in [6.07, 6.45) is 0. The van der Waals surface area contributed by atoms with Crippen LogP contribution >= 0.6 is 0 Å². The Labute approximate surface area is 89.4 Å². The number of carbonyl (C=O) groups excluding carboxylic acids is 1. The molecule has 15 heavy (non-hydrogen) atoms. The van der Waals surface area contributed by atoms with Gasteiger partial charge in [0.25, 0.3) is 0 Å². The molecule has 1 aromatic carbocycles. The molecule has 1 aromatic rings. The number of hydrogen-bond donors (Lipinski definition) is 1. The van der Waals surface area contributed by atoms with Crippen LogP contribution in [-0.4, -0.2) is 11.5 Å². The van der Waals surface area contributed by atoms with E-state index in [4.69, 9.17) is 4.74 Å². The van der Waals surface area contributed by atoms with Crippen LogP contribution in [0.4, 0.5) is 0 Å². The number of amides is 1. The Morgan fingerprint density at radius 3 is 2.73 bits per heavy atom. The van der Waals surface area contributed by atoms with E-state index in [0.717, 1.165) is 11.3 Å². The quantitative estimate of drug-likeness (QED) is 0.761. The minimum absolute atomic E-state index is 0.0339. The van der Waals surface area contributed by atoms with E-state index in [1.54, 1.807) is 0 Å². The van der Waals surface area contributed by atoms with Gasteiger partial charge in [0.15, 0.2) is 0 Å². The van der Waals surface area contributed by atoms with E-state index in [2.05, 4.69) is 5.32 Å². The Balaban J connectivity index is 2.38. The molecule has 1 unspecified atom stereocenters. The predicted molar refractivity (Wildman–Crippen MR) is 57.7 cm³/mol. The van der Waals surface area contributed by atoms with Crippen molar-refractivity contribution in [3.63, 3.8) is 0 Å². The van der Waals surface area contributed by atoms with Crippen LogP contribution in [0.3, 0.4) is 0 Å². The summed E-state index contributed by atoms with van der Waals surface area (Å²) in [7, 11) is 0. The summed E-state index contributed by atoms with van der Waals surface area (Å²) in [5, 5.41) is 2.92. The van der Waals surface area contributed by atoms with Gasteiger partial charge in [-0.15, -0.1) is 0 Å². The second-order valence-electron chi connectivity index (χ2n) is 4.38. The Bertz CT molecular complexity index is 398. The molecule has 0 saturated heterocycles. The normalized spacial score (nSPS) is 21.7. The molecule has 2 rings (SSSR count). The van der Waals surface area contributed by atoms with Crippen molar-refractivity contribution >= 4 is 5.91 Å². The van der Waals surface area contributed by atoms with Gasteiger partial charge in [-0.25, -0.2) is 0 Å². The lowest BCUT2D eigenvalue weighted by Gasteiger charge is -2.26. The van der Waals surface area contributed by atoms with E-state index in [0.29, 0.717) is 0 Å². The average molecular weight is 205 g/mol. The molecule has 80 valence electrons. The lowest BCUT2D eigenvalue weighted by Crippen LogP contribution is -2.41. The van der Waals surface area contributed by atoms with Crippen molar-refractivity contribution in [1.29, 1.82) is 0 Å². The van der Waals surface area contributed by atoms with Crippen LogP contribution in [0.1, 0.15) is 32.4 Å². The van der Waals surface area contributed by atoms with Crippen LogP contribution in [0.2, 0.25) is 0 Å². The van der Waals surface area contributed by atoms with E-state index < -0.39 is 0 Å². The molecule has 0 spiro atoms. The molecular weight excluding hydrogens is 190 g/mol. The highest BCUT2D eigenvalue weighted by molar-refractivity contribution is 5.74. The van der Waals surface area contributed by atoms with E-state index in [-0.39, 0.29) is 17.6 Å². The molecule has 1 aliphatic heterocycles. The van der Waals surface area contributed by atoms with Gasteiger partial charge in [0, 0.05) is 12.5 Å². The average Bonchev–Trinajstić information content (AvgIpc) is 2.37. The highest BCUT2D eigenvalue weighted by Gasteiger charge is 2.41. The number of rotatable bonds is 1. The van der Waals surface area contributed by atoms with Crippen LogP contribution < -0.4 is 10.1 Å². The zero-order valence-corrected chi connectivity index (χ0v) is 9.20. The summed E-state index contributed by atoms with van der Waals surface area (Å²) in [5.41, 5.74) is 0.674. The maximum absolute atomic E-state index is 11.1. The molecule has 3 nitrogen and oxygen atoms in total. The first-order valence-corrected chi connectivity index (χ1v) is 5.06. The fraction of sp³-hybridized carbons (Fsp3) is 0.417. The van der Waals surface area contributed by atoms with Crippen molar-refractivity contribution in [2.24, 2.45) is 0 Å². The van der Waals surface area contributed by atoms with Crippen LogP contribution in [-0.2, 0) is 4.79 Å². The lowest BCUT2D eigenvalue weighted by molar-refractivity contribution is -0.120. The lowest BCUT2D eigenvalue weighted by atomic mass is 9.94. The monoisotopic (exact) mass is 205 g/mol. The zero-order valence-electron chi connectivity index (χ0n) is 9.20. The molecule has 0 aliphatic carbocycles. The smallest absolute Gasteiger partial charge is 0.217 e. The van der Waals surface area contributed by atoms with E-state index >= 15 is 0 Å². The second kappa shape index (κ2) is 3.26. The summed E-state index contributed by atoms with van der Waals surface area (Å²) < 4.78 is 5.79. The highest BCUT2D eigenvalue weighted by atomic mass is 16.5. The molecule has 1 heterocycles. The Morgan fingerprint density at radius 1 is 1.40 bits per heavy atom. The van der Waals surface area contributed by atoms with Crippen LogP contribution in [0.15, 0.2) is 24.3 Å². The maximum atomic E-state index is 11.1. The predicted octanol–water partition coefficient (Wildman–Crippen LogP) is 2.03. The van der Waals surface area contributed by atoms with Crippen LogP contribution in [0.5, 0.6) is 5.75 Å². The Morgan fingerprint density at radius 2 is 2.07 bits per heavy atom. The molecule has 1 N–H and O–H groups in total. The van der Waals surface area contributed by atoms with Crippen molar-refractivity contribution in [3.05, 3.63) is 29.8 Å². The summed E-state index contributed by atoms with van der Waals surface area (Å²) in [6.45, 7) is 5.48. The van der Waals surface area contributed by atoms with Gasteiger partial charge < -0.3 is 10.1 Å². The fourth-order valence-corrected chi connectivity index (χ4v) is 1.98.